The number of aromatic nitrogens is 1. The zero-order valence-corrected chi connectivity index (χ0v) is 22.9. The van der Waals surface area contributed by atoms with Gasteiger partial charge < -0.3 is 48.3 Å². The molecule has 0 aliphatic heterocycles. The van der Waals surface area contributed by atoms with Gasteiger partial charge in [0.2, 0.25) is 17.7 Å². The third-order valence-corrected chi connectivity index (χ3v) is 6.27. The molecule has 15 nitrogen and oxygen atoms in total. The molecule has 1 aromatic carbocycles. The number of nitrogens with zero attached hydrogens (tertiary/aromatic N) is 1. The van der Waals surface area contributed by atoms with Gasteiger partial charge in [-0.1, -0.05) is 32.0 Å². The van der Waals surface area contributed by atoms with E-state index >= 15 is 0 Å². The van der Waals surface area contributed by atoms with Gasteiger partial charge in [0, 0.05) is 30.1 Å². The van der Waals surface area contributed by atoms with E-state index in [1.807, 2.05) is 24.3 Å². The van der Waals surface area contributed by atoms with Crippen LogP contribution in [0.15, 0.2) is 35.5 Å². The van der Waals surface area contributed by atoms with Gasteiger partial charge in [-0.15, -0.1) is 0 Å². The predicted octanol–water partition coefficient (Wildman–Crippen LogP) is -1.24. The summed E-state index contributed by atoms with van der Waals surface area (Å²) in [5.41, 5.74) is 17.8. The number of carbonyl (C=O) groups excluding carboxylic acids is 3. The molecular weight excluding hydrogens is 536 g/mol. The minimum absolute atomic E-state index is 0.00517. The summed E-state index contributed by atoms with van der Waals surface area (Å²) in [7, 11) is 0. The van der Waals surface area contributed by atoms with Gasteiger partial charge in [-0.2, -0.15) is 0 Å². The Morgan fingerprint density at radius 1 is 0.951 bits per heavy atom. The van der Waals surface area contributed by atoms with Crippen LogP contribution in [0, 0.1) is 5.92 Å². The van der Waals surface area contributed by atoms with E-state index in [9.17, 15) is 29.1 Å². The molecule has 41 heavy (non-hydrogen) atoms. The van der Waals surface area contributed by atoms with Crippen LogP contribution in [-0.4, -0.2) is 81.5 Å². The van der Waals surface area contributed by atoms with Crippen LogP contribution in [0.25, 0.3) is 10.9 Å². The molecule has 0 saturated carbocycles. The highest BCUT2D eigenvalue weighted by Crippen LogP contribution is 2.19. The Kier molecular flexibility index (Phi) is 12.1. The molecule has 4 atom stereocenters. The first-order valence-corrected chi connectivity index (χ1v) is 13.0. The smallest absolute Gasteiger partial charge is 0.326 e. The Morgan fingerprint density at radius 2 is 1.61 bits per heavy atom. The van der Waals surface area contributed by atoms with Crippen LogP contribution in [0.5, 0.6) is 0 Å². The molecule has 0 fully saturated rings. The number of guanidine groups is 1. The van der Waals surface area contributed by atoms with Crippen molar-refractivity contribution >= 4 is 46.5 Å². The normalized spacial score (nSPS) is 14.0. The second-order valence-electron chi connectivity index (χ2n) is 9.91. The summed E-state index contributed by atoms with van der Waals surface area (Å²) in [6.45, 7) is 3.47. The number of aliphatic imine (C=N–C) groups is 1. The fourth-order valence-corrected chi connectivity index (χ4v) is 4.10. The van der Waals surface area contributed by atoms with E-state index in [-0.39, 0.29) is 31.8 Å². The van der Waals surface area contributed by atoms with Crippen molar-refractivity contribution in [2.24, 2.45) is 28.1 Å². The third kappa shape index (κ3) is 10.1. The van der Waals surface area contributed by atoms with E-state index in [4.69, 9.17) is 22.3 Å². The molecule has 0 saturated heterocycles. The van der Waals surface area contributed by atoms with E-state index in [0.717, 1.165) is 10.9 Å². The van der Waals surface area contributed by atoms with Crippen LogP contribution in [0.1, 0.15) is 38.7 Å². The maximum atomic E-state index is 13.2. The molecule has 15 heteroatoms. The van der Waals surface area contributed by atoms with Gasteiger partial charge in [0.1, 0.15) is 18.1 Å². The zero-order chi connectivity index (χ0) is 30.7. The number of aromatic amines is 1. The summed E-state index contributed by atoms with van der Waals surface area (Å²) in [5.74, 6) is -5.51. The third-order valence-electron chi connectivity index (χ3n) is 6.27. The number of aliphatic carboxylic acids is 2. The topological polar surface area (TPSA) is 268 Å². The average molecular weight is 575 g/mol. The summed E-state index contributed by atoms with van der Waals surface area (Å²) in [6.07, 6.45) is 1.32. The summed E-state index contributed by atoms with van der Waals surface area (Å²) >= 11 is 0. The first-order valence-electron chi connectivity index (χ1n) is 13.0. The van der Waals surface area contributed by atoms with Gasteiger partial charge in [-0.25, -0.2) is 4.79 Å². The monoisotopic (exact) mass is 574 g/mol. The minimum Gasteiger partial charge on any atom is -0.481 e. The van der Waals surface area contributed by atoms with Crippen molar-refractivity contribution in [3.05, 3.63) is 36.0 Å². The van der Waals surface area contributed by atoms with Gasteiger partial charge in [0.15, 0.2) is 5.96 Å². The number of fused-ring (bicyclic) bond motifs is 1. The number of H-pyrrole nitrogens is 1. The first kappa shape index (κ1) is 32.6. The van der Waals surface area contributed by atoms with Crippen LogP contribution in [-0.2, 0) is 30.4 Å². The molecule has 1 aromatic heterocycles. The lowest BCUT2D eigenvalue weighted by molar-refractivity contribution is -0.142. The quantitative estimate of drug-likeness (QED) is 0.0653. The van der Waals surface area contributed by atoms with Crippen molar-refractivity contribution in [1.29, 1.82) is 0 Å². The molecule has 2 rings (SSSR count). The number of carboxylic acids is 2. The van der Waals surface area contributed by atoms with Gasteiger partial charge in [-0.05, 0) is 30.4 Å². The lowest BCUT2D eigenvalue weighted by Crippen LogP contribution is -2.58. The van der Waals surface area contributed by atoms with Gasteiger partial charge in [-0.3, -0.25) is 24.2 Å². The molecule has 3 amide bonds. The maximum Gasteiger partial charge on any atom is 0.326 e. The van der Waals surface area contributed by atoms with Crippen LogP contribution in [0.4, 0.5) is 0 Å². The molecule has 224 valence electrons. The molecule has 0 aliphatic carbocycles. The highest BCUT2D eigenvalue weighted by Gasteiger charge is 2.32. The van der Waals surface area contributed by atoms with Crippen molar-refractivity contribution in [3.63, 3.8) is 0 Å². The molecule has 0 radical (unpaired) electrons. The SMILES string of the molecule is CC(C)C(NC(=O)C(CCCN=C(N)N)NC(=O)C(N)CC(=O)O)C(=O)NC(Cc1c[nH]c2ccccc12)C(=O)O. The lowest BCUT2D eigenvalue weighted by atomic mass is 10.00. The summed E-state index contributed by atoms with van der Waals surface area (Å²) < 4.78 is 0. The molecule has 2 aromatic rings. The molecule has 0 aliphatic rings. The number of hydrogen-bond acceptors (Lipinski definition) is 7. The summed E-state index contributed by atoms with van der Waals surface area (Å²) in [6, 6.07) is 2.28. The lowest BCUT2D eigenvalue weighted by Gasteiger charge is -2.27. The summed E-state index contributed by atoms with van der Waals surface area (Å²) in [5, 5.41) is 27.1. The Labute approximate surface area is 236 Å². The van der Waals surface area contributed by atoms with E-state index in [1.54, 1.807) is 20.0 Å². The van der Waals surface area contributed by atoms with E-state index in [2.05, 4.69) is 25.9 Å². The Morgan fingerprint density at radius 3 is 2.22 bits per heavy atom. The van der Waals surface area contributed by atoms with Crippen LogP contribution < -0.4 is 33.2 Å². The second-order valence-corrected chi connectivity index (χ2v) is 9.91. The maximum absolute atomic E-state index is 13.2. The number of nitrogens with one attached hydrogen (secondary N) is 4. The fourth-order valence-electron chi connectivity index (χ4n) is 4.10. The van der Waals surface area contributed by atoms with Crippen molar-refractivity contribution < 1.29 is 34.2 Å². The minimum atomic E-state index is -1.41. The Hall–Kier alpha value is -4.66. The van der Waals surface area contributed by atoms with Crippen molar-refractivity contribution in [2.45, 2.75) is 63.7 Å². The van der Waals surface area contributed by atoms with E-state index in [0.29, 0.717) is 5.56 Å². The predicted molar refractivity (Wildman–Crippen MR) is 150 cm³/mol. The number of amides is 3. The molecule has 0 spiro atoms. The van der Waals surface area contributed by atoms with Crippen molar-refractivity contribution in [3.8, 4) is 0 Å². The molecule has 0 bridgehead atoms. The second kappa shape index (κ2) is 15.2. The Bertz CT molecular complexity index is 1270. The van der Waals surface area contributed by atoms with Crippen molar-refractivity contribution in [2.75, 3.05) is 6.54 Å². The van der Waals surface area contributed by atoms with Crippen LogP contribution in [0.2, 0.25) is 0 Å². The van der Waals surface area contributed by atoms with Gasteiger partial charge >= 0.3 is 11.9 Å². The number of benzene rings is 1. The Balaban J connectivity index is 2.17. The van der Waals surface area contributed by atoms with E-state index in [1.165, 1.54) is 0 Å². The molecule has 4 unspecified atom stereocenters. The number of para-hydroxylation sites is 1. The first-order chi connectivity index (χ1) is 19.3. The number of rotatable bonds is 16. The van der Waals surface area contributed by atoms with E-state index < -0.39 is 66.2 Å². The molecular formula is C26H38N8O7. The number of carbonyl (C=O) groups is 5. The molecule has 12 N–H and O–H groups in total. The van der Waals surface area contributed by atoms with Crippen molar-refractivity contribution in [1.82, 2.24) is 20.9 Å². The largest absolute Gasteiger partial charge is 0.481 e. The van der Waals surface area contributed by atoms with Gasteiger partial charge in [0.05, 0.1) is 12.5 Å². The zero-order valence-electron chi connectivity index (χ0n) is 22.9. The highest BCUT2D eigenvalue weighted by atomic mass is 16.4. The highest BCUT2D eigenvalue weighted by molar-refractivity contribution is 5.95. The standard InChI is InChI=1S/C26H38N8O7/c1-13(2)21(24(39)33-19(25(40)41)10-14-12-31-17-7-4-3-6-15(14)17)34-23(38)18(8-5-9-30-26(28)29)32-22(37)16(27)11-20(35)36/h3-4,6-7,12-13,16,18-19,21,31H,5,8-11,27H2,1-2H3,(H,32,37)(H,33,39)(H,34,38)(H,35,36)(H,40,41)(H4,28,29,30). The number of nitrogens with two attached hydrogens (primary N) is 3. The van der Waals surface area contributed by atoms with Gasteiger partial charge in [0.25, 0.3) is 0 Å². The van der Waals surface area contributed by atoms with Crippen LogP contribution >= 0.6 is 0 Å². The fraction of sp³-hybridized carbons (Fsp3) is 0.462. The average Bonchev–Trinajstić information content (AvgIpc) is 3.30. The molecule has 1 heterocycles. The number of hydrogen-bond donors (Lipinski definition) is 9. The number of carboxylic acid groups (broad SMARTS) is 2. The summed E-state index contributed by atoms with van der Waals surface area (Å²) in [4.78, 5) is 68.8. The van der Waals surface area contributed by atoms with Crippen LogP contribution in [0.3, 0.4) is 0 Å².